The molecule has 0 radical (unpaired) electrons. The summed E-state index contributed by atoms with van der Waals surface area (Å²) in [5.41, 5.74) is 4.34. The van der Waals surface area contributed by atoms with Gasteiger partial charge in [-0.25, -0.2) is 0 Å². The van der Waals surface area contributed by atoms with E-state index in [1.807, 2.05) is 48.5 Å². The fraction of sp³-hybridized carbons (Fsp3) is 0.182. The van der Waals surface area contributed by atoms with Crippen LogP contribution in [0.5, 0.6) is 0 Å². The average molecular weight is 573 g/mol. The number of nitrogens with zero attached hydrogens (tertiary/aromatic N) is 1. The first-order valence-corrected chi connectivity index (χ1v) is 14.3. The maximum atomic E-state index is 14.2. The minimum absolute atomic E-state index is 0.206. The SMILES string of the molecule is CC(C)(C)Cc1ccc(-c2ccc(-c3c(C(F)(F)F)cnc4c3[se]c3cc5ccccc5cc34)cc2)cc1. The van der Waals surface area contributed by atoms with Gasteiger partial charge in [0.2, 0.25) is 0 Å². The first-order valence-electron chi connectivity index (χ1n) is 12.6. The number of fused-ring (bicyclic) bond motifs is 4. The van der Waals surface area contributed by atoms with Gasteiger partial charge in [-0.05, 0) is 0 Å². The van der Waals surface area contributed by atoms with Crippen LogP contribution in [0.25, 0.3) is 52.4 Å². The number of benzene rings is 4. The second-order valence-corrected chi connectivity index (χ2v) is 13.2. The Morgan fingerprint density at radius 1 is 0.737 bits per heavy atom. The molecule has 0 spiro atoms. The van der Waals surface area contributed by atoms with Gasteiger partial charge in [0.1, 0.15) is 0 Å². The first kappa shape index (κ1) is 24.9. The summed E-state index contributed by atoms with van der Waals surface area (Å²) >= 11 is -0.278. The number of halogens is 3. The summed E-state index contributed by atoms with van der Waals surface area (Å²) in [5.74, 6) is 0. The topological polar surface area (TPSA) is 12.9 Å². The van der Waals surface area contributed by atoms with Gasteiger partial charge in [0, 0.05) is 0 Å². The molecule has 0 N–H and O–H groups in total. The molecule has 0 bridgehead atoms. The van der Waals surface area contributed by atoms with Gasteiger partial charge in [0.05, 0.1) is 0 Å². The van der Waals surface area contributed by atoms with Crippen molar-refractivity contribution in [3.8, 4) is 22.3 Å². The van der Waals surface area contributed by atoms with Crippen LogP contribution >= 0.6 is 0 Å². The van der Waals surface area contributed by atoms with Crippen molar-refractivity contribution >= 4 is 44.7 Å². The molecule has 1 nitrogen and oxygen atoms in total. The van der Waals surface area contributed by atoms with Crippen molar-refractivity contribution in [2.24, 2.45) is 5.41 Å². The third-order valence-corrected chi connectivity index (χ3v) is 9.28. The number of alkyl halides is 3. The summed E-state index contributed by atoms with van der Waals surface area (Å²) in [7, 11) is 0. The van der Waals surface area contributed by atoms with Gasteiger partial charge in [-0.2, -0.15) is 0 Å². The van der Waals surface area contributed by atoms with Crippen LogP contribution < -0.4 is 0 Å². The molecular weight excluding hydrogens is 546 g/mol. The van der Waals surface area contributed by atoms with Crippen molar-refractivity contribution in [2.75, 3.05) is 0 Å². The number of hydrogen-bond donors (Lipinski definition) is 0. The second-order valence-electron chi connectivity index (χ2n) is 11.0. The van der Waals surface area contributed by atoms with Gasteiger partial charge >= 0.3 is 205 Å². The Hall–Kier alpha value is -3.40. The Balaban J connectivity index is 1.47. The van der Waals surface area contributed by atoms with E-state index in [0.29, 0.717) is 15.3 Å². The molecule has 0 fully saturated rings. The van der Waals surface area contributed by atoms with Crippen LogP contribution in [-0.4, -0.2) is 19.5 Å². The van der Waals surface area contributed by atoms with Crippen LogP contribution in [0, 0.1) is 5.41 Å². The van der Waals surface area contributed by atoms with E-state index >= 15 is 0 Å². The van der Waals surface area contributed by atoms with Crippen LogP contribution in [0.1, 0.15) is 31.9 Å². The molecule has 2 aromatic heterocycles. The molecule has 0 atom stereocenters. The summed E-state index contributed by atoms with van der Waals surface area (Å²) in [6, 6.07) is 28.1. The van der Waals surface area contributed by atoms with E-state index in [-0.39, 0.29) is 25.5 Å². The zero-order chi connectivity index (χ0) is 26.7. The Morgan fingerprint density at radius 2 is 1.32 bits per heavy atom. The molecule has 0 saturated heterocycles. The van der Waals surface area contributed by atoms with Gasteiger partial charge in [-0.15, -0.1) is 0 Å². The van der Waals surface area contributed by atoms with E-state index < -0.39 is 11.7 Å². The Morgan fingerprint density at radius 3 is 1.92 bits per heavy atom. The molecule has 4 aromatic carbocycles. The number of rotatable bonds is 3. The number of aromatic nitrogens is 1. The van der Waals surface area contributed by atoms with Crippen LogP contribution in [0.3, 0.4) is 0 Å². The van der Waals surface area contributed by atoms with Gasteiger partial charge < -0.3 is 0 Å². The van der Waals surface area contributed by atoms with Crippen molar-refractivity contribution in [3.05, 3.63) is 102 Å². The molecule has 6 aromatic rings. The zero-order valence-electron chi connectivity index (χ0n) is 21.4. The third-order valence-electron chi connectivity index (χ3n) is 6.85. The summed E-state index contributed by atoms with van der Waals surface area (Å²) in [5, 5.41) is 3.10. The molecule has 0 aliphatic heterocycles. The molecule has 0 amide bonds. The molecule has 2 heterocycles. The Labute approximate surface area is 225 Å². The zero-order valence-corrected chi connectivity index (χ0v) is 23.1. The van der Waals surface area contributed by atoms with Crippen LogP contribution in [0.15, 0.2) is 91.1 Å². The van der Waals surface area contributed by atoms with Crippen molar-refractivity contribution in [2.45, 2.75) is 33.4 Å². The monoisotopic (exact) mass is 573 g/mol. The molecule has 38 heavy (non-hydrogen) atoms. The molecular formula is C33H26F3NSe. The third kappa shape index (κ3) is 4.66. The predicted molar refractivity (Wildman–Crippen MR) is 153 cm³/mol. The molecule has 0 unspecified atom stereocenters. The standard InChI is InChI=1S/C33H26F3NSe/c1-32(2,3)18-20-8-10-21(11-9-20)22-12-14-23(15-13-22)29-27(33(34,35)36)19-37-30-26-16-24-6-4-5-7-25(24)17-28(26)38-31(29)30/h4-17,19H,18H2,1-3H3. The fourth-order valence-corrected chi connectivity index (χ4v) is 7.79. The molecule has 0 aliphatic carbocycles. The quantitative estimate of drug-likeness (QED) is 0.193. The van der Waals surface area contributed by atoms with Crippen molar-refractivity contribution in [1.82, 2.24) is 4.98 Å². The van der Waals surface area contributed by atoms with Crippen molar-refractivity contribution in [1.29, 1.82) is 0 Å². The normalized spacial score (nSPS) is 12.6. The fourth-order valence-electron chi connectivity index (χ4n) is 5.14. The van der Waals surface area contributed by atoms with Gasteiger partial charge in [0.15, 0.2) is 0 Å². The van der Waals surface area contributed by atoms with Crippen LogP contribution in [0.2, 0.25) is 0 Å². The van der Waals surface area contributed by atoms with E-state index in [9.17, 15) is 13.2 Å². The molecule has 0 aliphatic rings. The van der Waals surface area contributed by atoms with Crippen molar-refractivity contribution in [3.63, 3.8) is 0 Å². The number of pyridine rings is 1. The summed E-state index contributed by atoms with van der Waals surface area (Å²) in [4.78, 5) is 4.35. The van der Waals surface area contributed by atoms with E-state index in [4.69, 9.17) is 0 Å². The predicted octanol–water partition coefficient (Wildman–Crippen LogP) is 9.54. The molecule has 5 heteroatoms. The molecule has 190 valence electrons. The van der Waals surface area contributed by atoms with Crippen LogP contribution in [-0.2, 0) is 12.6 Å². The average Bonchev–Trinajstić information content (AvgIpc) is 3.23. The van der Waals surface area contributed by atoms with Gasteiger partial charge in [-0.3, -0.25) is 0 Å². The Kier molecular flexibility index (Phi) is 5.97. The second kappa shape index (κ2) is 9.11. The first-order chi connectivity index (χ1) is 18.1. The van der Waals surface area contributed by atoms with Gasteiger partial charge in [-0.1, -0.05) is 20.8 Å². The van der Waals surface area contributed by atoms with E-state index in [0.717, 1.165) is 44.2 Å². The van der Waals surface area contributed by atoms with Gasteiger partial charge in [0.25, 0.3) is 0 Å². The minimum atomic E-state index is -4.49. The van der Waals surface area contributed by atoms with E-state index in [1.165, 1.54) is 5.56 Å². The van der Waals surface area contributed by atoms with Crippen LogP contribution in [0.4, 0.5) is 13.2 Å². The summed E-state index contributed by atoms with van der Waals surface area (Å²) in [6.45, 7) is 6.65. The van der Waals surface area contributed by atoms with E-state index in [1.54, 1.807) is 0 Å². The number of hydrogen-bond acceptors (Lipinski definition) is 1. The summed E-state index contributed by atoms with van der Waals surface area (Å²) in [6.07, 6.45) is -2.50. The Bertz CT molecular complexity index is 1790. The molecule has 6 rings (SSSR count). The molecule has 0 saturated carbocycles. The summed E-state index contributed by atoms with van der Waals surface area (Å²) < 4.78 is 44.5. The van der Waals surface area contributed by atoms with Crippen molar-refractivity contribution < 1.29 is 13.2 Å². The maximum absolute atomic E-state index is 14.2. The van der Waals surface area contributed by atoms with E-state index in [2.05, 4.69) is 62.2 Å².